The molecule has 74 valence electrons. The van der Waals surface area contributed by atoms with Crippen LogP contribution < -0.4 is 0 Å². The van der Waals surface area contributed by atoms with E-state index in [0.29, 0.717) is 0 Å². The Morgan fingerprint density at radius 3 is 2.64 bits per heavy atom. The summed E-state index contributed by atoms with van der Waals surface area (Å²) in [6.07, 6.45) is 13.2. The van der Waals surface area contributed by atoms with Gasteiger partial charge in [0, 0.05) is 0 Å². The molecule has 1 atom stereocenters. The summed E-state index contributed by atoms with van der Waals surface area (Å²) in [5, 5.41) is 0. The Hall–Kier alpha value is -1.09. The van der Waals surface area contributed by atoms with E-state index in [1.165, 1.54) is 7.11 Å². The first-order chi connectivity index (χ1) is 6.75. The minimum Gasteiger partial charge on any atom is -0.468 e. The van der Waals surface area contributed by atoms with E-state index in [-0.39, 0.29) is 5.97 Å². The van der Waals surface area contributed by atoms with Crippen LogP contribution >= 0.6 is 15.9 Å². The van der Waals surface area contributed by atoms with Crippen molar-refractivity contribution >= 4 is 21.9 Å². The fourth-order valence-electron chi connectivity index (χ4n) is 0.990. The van der Waals surface area contributed by atoms with Gasteiger partial charge in [-0.1, -0.05) is 58.5 Å². The molecule has 1 rings (SSSR count). The summed E-state index contributed by atoms with van der Waals surface area (Å²) in [4.78, 5) is 10.8. The van der Waals surface area contributed by atoms with Gasteiger partial charge in [-0.3, -0.25) is 4.79 Å². The van der Waals surface area contributed by atoms with E-state index in [1.54, 1.807) is 0 Å². The number of halogens is 1. The molecule has 0 bridgehead atoms. The molecule has 1 aliphatic carbocycles. The van der Waals surface area contributed by atoms with Gasteiger partial charge in [0.1, 0.15) is 4.83 Å². The van der Waals surface area contributed by atoms with Crippen LogP contribution in [0.25, 0.3) is 0 Å². The third-order valence-corrected chi connectivity index (χ3v) is 2.63. The van der Waals surface area contributed by atoms with E-state index in [4.69, 9.17) is 0 Å². The molecule has 0 amide bonds. The molecule has 0 aromatic carbocycles. The Morgan fingerprint density at radius 2 is 1.93 bits per heavy atom. The molecule has 0 saturated carbocycles. The quantitative estimate of drug-likeness (QED) is 0.559. The largest absolute Gasteiger partial charge is 0.468 e. The van der Waals surface area contributed by atoms with Crippen molar-refractivity contribution in [2.24, 2.45) is 0 Å². The van der Waals surface area contributed by atoms with Crippen molar-refractivity contribution in [1.82, 2.24) is 0 Å². The average Bonchev–Trinajstić information content (AvgIpc) is 2.15. The van der Waals surface area contributed by atoms with Crippen LogP contribution in [0, 0.1) is 0 Å². The van der Waals surface area contributed by atoms with Crippen molar-refractivity contribution < 1.29 is 9.53 Å². The van der Waals surface area contributed by atoms with Gasteiger partial charge in [-0.25, -0.2) is 0 Å². The van der Waals surface area contributed by atoms with Crippen molar-refractivity contribution in [3.05, 3.63) is 48.1 Å². The Kier molecular flexibility index (Phi) is 4.40. The summed E-state index contributed by atoms with van der Waals surface area (Å²) in [5.41, 5.74) is 0.873. The Labute approximate surface area is 91.8 Å². The lowest BCUT2D eigenvalue weighted by atomic mass is 10.1. The highest BCUT2D eigenvalue weighted by Crippen LogP contribution is 2.16. The number of methoxy groups -OCH3 is 1. The number of carbonyl (C=O) groups excluding carboxylic acids is 1. The number of ether oxygens (including phenoxy) is 1. The minimum absolute atomic E-state index is 0.293. The normalized spacial score (nSPS) is 27.4. The van der Waals surface area contributed by atoms with Crippen LogP contribution in [0.3, 0.4) is 0 Å². The lowest BCUT2D eigenvalue weighted by Gasteiger charge is -2.08. The highest BCUT2D eigenvalue weighted by atomic mass is 79.9. The smallest absolute Gasteiger partial charge is 0.323 e. The monoisotopic (exact) mass is 254 g/mol. The fraction of sp³-hybridized carbons (Fsp3) is 0.182. The molecule has 0 aromatic rings. The van der Waals surface area contributed by atoms with Crippen LogP contribution in [0.4, 0.5) is 0 Å². The van der Waals surface area contributed by atoms with Crippen LogP contribution in [0.5, 0.6) is 0 Å². The van der Waals surface area contributed by atoms with Crippen LogP contribution in [0.15, 0.2) is 48.1 Å². The molecule has 0 fully saturated rings. The predicted octanol–water partition coefficient (Wildman–Crippen LogP) is 2.53. The number of rotatable bonds is 2. The molecule has 0 aliphatic heterocycles. The Balaban J connectivity index is 2.80. The summed E-state index contributed by atoms with van der Waals surface area (Å²) < 4.78 is 4.63. The van der Waals surface area contributed by atoms with Crippen molar-refractivity contribution in [2.75, 3.05) is 7.11 Å². The van der Waals surface area contributed by atoms with Gasteiger partial charge < -0.3 is 4.74 Å². The Bertz CT molecular complexity index is 324. The molecule has 0 aromatic heterocycles. The first-order valence-electron chi connectivity index (χ1n) is 4.19. The zero-order valence-electron chi connectivity index (χ0n) is 7.81. The second-order valence-electron chi connectivity index (χ2n) is 2.68. The van der Waals surface area contributed by atoms with Gasteiger partial charge in [0.15, 0.2) is 0 Å². The maximum atomic E-state index is 11.2. The first kappa shape index (κ1) is 11.0. The molecular formula is C11H11BrO2. The molecule has 0 spiro atoms. The van der Waals surface area contributed by atoms with Crippen molar-refractivity contribution in [3.63, 3.8) is 0 Å². The van der Waals surface area contributed by atoms with Crippen molar-refractivity contribution in [1.29, 1.82) is 0 Å². The molecule has 14 heavy (non-hydrogen) atoms. The second-order valence-corrected chi connectivity index (χ2v) is 3.60. The van der Waals surface area contributed by atoms with E-state index in [1.807, 2.05) is 42.5 Å². The Morgan fingerprint density at radius 1 is 1.29 bits per heavy atom. The summed E-state index contributed by atoms with van der Waals surface area (Å²) in [5.74, 6) is -0.293. The molecule has 2 nitrogen and oxygen atoms in total. The summed E-state index contributed by atoms with van der Waals surface area (Å²) >= 11 is 3.27. The number of allylic oxidation sites excluding steroid dienone is 7. The van der Waals surface area contributed by atoms with Gasteiger partial charge in [0.25, 0.3) is 0 Å². The summed E-state index contributed by atoms with van der Waals surface area (Å²) in [7, 11) is 1.37. The fourth-order valence-corrected chi connectivity index (χ4v) is 1.48. The standard InChI is InChI=1S/C11H11BrO2/c1-14-11(13)10(12)9-7-5-3-2-4-6-8-9/h2-8,10H,1H3/b3-2-,4-2?,5-3?,6-4-,7-5-,8-6?,9-7?,9-8+. The summed E-state index contributed by atoms with van der Waals surface area (Å²) in [6, 6.07) is 0. The number of alkyl halides is 1. The topological polar surface area (TPSA) is 26.3 Å². The van der Waals surface area contributed by atoms with E-state index in [0.717, 1.165) is 5.57 Å². The van der Waals surface area contributed by atoms with E-state index < -0.39 is 4.83 Å². The first-order valence-corrected chi connectivity index (χ1v) is 5.11. The molecule has 1 aliphatic rings. The molecule has 3 heteroatoms. The number of carbonyl (C=O) groups is 1. The molecule has 0 heterocycles. The molecule has 1 unspecified atom stereocenters. The molecule has 0 saturated heterocycles. The van der Waals surface area contributed by atoms with E-state index in [9.17, 15) is 4.79 Å². The van der Waals surface area contributed by atoms with Crippen LogP contribution in [-0.2, 0) is 9.53 Å². The van der Waals surface area contributed by atoms with Gasteiger partial charge >= 0.3 is 5.97 Å². The van der Waals surface area contributed by atoms with Crippen molar-refractivity contribution in [3.8, 4) is 0 Å². The zero-order chi connectivity index (χ0) is 10.4. The van der Waals surface area contributed by atoms with E-state index in [2.05, 4.69) is 20.7 Å². The SMILES string of the molecule is COC(=O)C(Br)C1=C/C=C\C=C/C=C\1. The second kappa shape index (κ2) is 5.60. The highest BCUT2D eigenvalue weighted by molar-refractivity contribution is 9.10. The molecular weight excluding hydrogens is 244 g/mol. The maximum absolute atomic E-state index is 11.2. The van der Waals surface area contributed by atoms with Crippen molar-refractivity contribution in [2.45, 2.75) is 4.83 Å². The number of esters is 1. The minimum atomic E-state index is -0.403. The predicted molar refractivity (Wildman–Crippen MR) is 60.2 cm³/mol. The van der Waals surface area contributed by atoms with Gasteiger partial charge in [0.2, 0.25) is 0 Å². The van der Waals surface area contributed by atoms with Gasteiger partial charge in [-0.05, 0) is 5.57 Å². The average molecular weight is 255 g/mol. The molecule has 0 radical (unpaired) electrons. The van der Waals surface area contributed by atoms with Gasteiger partial charge in [0.05, 0.1) is 7.11 Å². The van der Waals surface area contributed by atoms with E-state index >= 15 is 0 Å². The highest BCUT2D eigenvalue weighted by Gasteiger charge is 2.17. The number of hydrogen-bond donors (Lipinski definition) is 0. The third-order valence-electron chi connectivity index (χ3n) is 1.72. The maximum Gasteiger partial charge on any atom is 0.323 e. The zero-order valence-corrected chi connectivity index (χ0v) is 9.40. The third kappa shape index (κ3) is 3.00. The lowest BCUT2D eigenvalue weighted by molar-refractivity contribution is -0.139. The van der Waals surface area contributed by atoms with Gasteiger partial charge in [-0.15, -0.1) is 0 Å². The lowest BCUT2D eigenvalue weighted by Crippen LogP contribution is -2.17. The summed E-state index contributed by atoms with van der Waals surface area (Å²) in [6.45, 7) is 0. The van der Waals surface area contributed by atoms with Gasteiger partial charge in [-0.2, -0.15) is 0 Å². The number of hydrogen-bond acceptors (Lipinski definition) is 2. The van der Waals surface area contributed by atoms with Crippen LogP contribution in [-0.4, -0.2) is 17.9 Å². The molecule has 0 N–H and O–H groups in total. The van der Waals surface area contributed by atoms with Crippen LogP contribution in [0.1, 0.15) is 0 Å². The van der Waals surface area contributed by atoms with Crippen LogP contribution in [0.2, 0.25) is 0 Å².